The summed E-state index contributed by atoms with van der Waals surface area (Å²) < 4.78 is 1.69. The van der Waals surface area contributed by atoms with Gasteiger partial charge in [-0.1, -0.05) is 0 Å². The molecule has 1 aromatic rings. The number of anilines is 1. The predicted octanol–water partition coefficient (Wildman–Crippen LogP) is 0.615. The third-order valence-corrected chi connectivity index (χ3v) is 1.21. The first-order chi connectivity index (χ1) is 4.52. The molecule has 0 bridgehead atoms. The minimum atomic E-state index is -0.0689. The molecule has 0 aliphatic carbocycles. The SMILES string of the molecule is CC(C)(C)n1ncnc1N. The van der Waals surface area contributed by atoms with Crippen LogP contribution in [0.1, 0.15) is 20.8 Å². The molecule has 4 nitrogen and oxygen atoms in total. The standard InChI is InChI=1S/C6H12N4/c1-6(2,3)10-5(7)8-4-9-10/h4H,1-3H3,(H2,7,8,9). The van der Waals surface area contributed by atoms with E-state index in [-0.39, 0.29) is 5.54 Å². The van der Waals surface area contributed by atoms with Gasteiger partial charge in [-0.25, -0.2) is 9.67 Å². The summed E-state index contributed by atoms with van der Waals surface area (Å²) in [4.78, 5) is 3.81. The first-order valence-electron chi connectivity index (χ1n) is 3.18. The molecular weight excluding hydrogens is 128 g/mol. The summed E-state index contributed by atoms with van der Waals surface area (Å²) in [6, 6.07) is 0. The lowest BCUT2D eigenvalue weighted by Gasteiger charge is -2.19. The Kier molecular flexibility index (Phi) is 1.39. The van der Waals surface area contributed by atoms with Crippen LogP contribution in [0.15, 0.2) is 6.33 Å². The van der Waals surface area contributed by atoms with E-state index in [1.165, 1.54) is 6.33 Å². The number of rotatable bonds is 0. The fourth-order valence-corrected chi connectivity index (χ4v) is 0.767. The third-order valence-electron chi connectivity index (χ3n) is 1.21. The molecule has 0 spiro atoms. The van der Waals surface area contributed by atoms with Crippen LogP contribution in [0.5, 0.6) is 0 Å². The van der Waals surface area contributed by atoms with Gasteiger partial charge in [-0.2, -0.15) is 5.10 Å². The van der Waals surface area contributed by atoms with Gasteiger partial charge in [0.2, 0.25) is 5.95 Å². The number of hydrogen-bond donors (Lipinski definition) is 1. The van der Waals surface area contributed by atoms with Gasteiger partial charge in [0.1, 0.15) is 6.33 Å². The van der Waals surface area contributed by atoms with Crippen molar-refractivity contribution < 1.29 is 0 Å². The third kappa shape index (κ3) is 1.10. The van der Waals surface area contributed by atoms with Crippen molar-refractivity contribution in [3.63, 3.8) is 0 Å². The Balaban J connectivity index is 3.05. The molecule has 0 aromatic carbocycles. The second kappa shape index (κ2) is 1.97. The quantitative estimate of drug-likeness (QED) is 0.574. The van der Waals surface area contributed by atoms with Crippen molar-refractivity contribution in [1.82, 2.24) is 14.8 Å². The van der Waals surface area contributed by atoms with E-state index in [0.717, 1.165) is 0 Å². The minimum Gasteiger partial charge on any atom is -0.368 e. The van der Waals surface area contributed by atoms with Crippen molar-refractivity contribution in [2.45, 2.75) is 26.3 Å². The van der Waals surface area contributed by atoms with Gasteiger partial charge in [-0.15, -0.1) is 0 Å². The van der Waals surface area contributed by atoms with E-state index in [1.807, 2.05) is 20.8 Å². The van der Waals surface area contributed by atoms with Gasteiger partial charge in [0.05, 0.1) is 5.54 Å². The molecule has 56 valence electrons. The molecule has 0 aliphatic heterocycles. The maximum Gasteiger partial charge on any atom is 0.218 e. The Bertz CT molecular complexity index is 220. The molecular formula is C6H12N4. The van der Waals surface area contributed by atoms with Crippen LogP contribution >= 0.6 is 0 Å². The van der Waals surface area contributed by atoms with Gasteiger partial charge in [0, 0.05) is 0 Å². The second-order valence-corrected chi connectivity index (χ2v) is 3.20. The fraction of sp³-hybridized carbons (Fsp3) is 0.667. The summed E-state index contributed by atoms with van der Waals surface area (Å²) in [6.45, 7) is 6.08. The van der Waals surface area contributed by atoms with Crippen molar-refractivity contribution in [2.24, 2.45) is 0 Å². The molecule has 0 radical (unpaired) electrons. The van der Waals surface area contributed by atoms with E-state index in [0.29, 0.717) is 5.95 Å². The zero-order chi connectivity index (χ0) is 7.78. The first-order valence-corrected chi connectivity index (χ1v) is 3.18. The summed E-state index contributed by atoms with van der Waals surface area (Å²) in [5.74, 6) is 0.465. The highest BCUT2D eigenvalue weighted by molar-refractivity contribution is 5.14. The van der Waals surface area contributed by atoms with Crippen molar-refractivity contribution in [2.75, 3.05) is 5.73 Å². The van der Waals surface area contributed by atoms with Crippen molar-refractivity contribution in [3.8, 4) is 0 Å². The smallest absolute Gasteiger partial charge is 0.218 e. The van der Waals surface area contributed by atoms with Gasteiger partial charge in [-0.05, 0) is 20.8 Å². The Morgan fingerprint density at radius 3 is 2.30 bits per heavy atom. The summed E-state index contributed by atoms with van der Waals surface area (Å²) in [6.07, 6.45) is 1.46. The lowest BCUT2D eigenvalue weighted by Crippen LogP contribution is -2.24. The van der Waals surface area contributed by atoms with Gasteiger partial charge in [0.15, 0.2) is 0 Å². The van der Waals surface area contributed by atoms with Crippen molar-refractivity contribution in [3.05, 3.63) is 6.33 Å². The van der Waals surface area contributed by atoms with Crippen LogP contribution in [-0.4, -0.2) is 14.8 Å². The van der Waals surface area contributed by atoms with E-state index < -0.39 is 0 Å². The monoisotopic (exact) mass is 140 g/mol. The van der Waals surface area contributed by atoms with Gasteiger partial charge in [0.25, 0.3) is 0 Å². The van der Waals surface area contributed by atoms with Crippen LogP contribution in [-0.2, 0) is 5.54 Å². The van der Waals surface area contributed by atoms with E-state index in [2.05, 4.69) is 10.1 Å². The number of nitrogens with zero attached hydrogens (tertiary/aromatic N) is 3. The molecule has 0 amide bonds. The van der Waals surface area contributed by atoms with Crippen LogP contribution in [0.2, 0.25) is 0 Å². The zero-order valence-electron chi connectivity index (χ0n) is 6.50. The molecule has 1 aromatic heterocycles. The molecule has 1 rings (SSSR count). The molecule has 0 saturated heterocycles. The van der Waals surface area contributed by atoms with Crippen molar-refractivity contribution in [1.29, 1.82) is 0 Å². The summed E-state index contributed by atoms with van der Waals surface area (Å²) in [7, 11) is 0. The molecule has 2 N–H and O–H groups in total. The lowest BCUT2D eigenvalue weighted by atomic mass is 10.1. The largest absolute Gasteiger partial charge is 0.368 e. The van der Waals surface area contributed by atoms with E-state index in [1.54, 1.807) is 4.68 Å². The fourth-order valence-electron chi connectivity index (χ4n) is 0.767. The summed E-state index contributed by atoms with van der Waals surface area (Å²) >= 11 is 0. The highest BCUT2D eigenvalue weighted by Gasteiger charge is 2.15. The number of hydrogen-bond acceptors (Lipinski definition) is 3. The first kappa shape index (κ1) is 7.05. The lowest BCUT2D eigenvalue weighted by molar-refractivity contribution is 0.361. The van der Waals surface area contributed by atoms with Gasteiger partial charge >= 0.3 is 0 Å². The average Bonchev–Trinajstić information content (AvgIpc) is 2.11. The molecule has 0 aliphatic rings. The van der Waals surface area contributed by atoms with Crippen molar-refractivity contribution >= 4 is 5.95 Å². The Morgan fingerprint density at radius 2 is 2.10 bits per heavy atom. The normalized spacial score (nSPS) is 11.9. The number of nitrogens with two attached hydrogens (primary N) is 1. The molecule has 0 unspecified atom stereocenters. The summed E-state index contributed by atoms with van der Waals surface area (Å²) in [5.41, 5.74) is 5.45. The van der Waals surface area contributed by atoms with E-state index in [4.69, 9.17) is 5.73 Å². The van der Waals surface area contributed by atoms with E-state index in [9.17, 15) is 0 Å². The Labute approximate surface area is 60.1 Å². The maximum atomic E-state index is 5.52. The zero-order valence-corrected chi connectivity index (χ0v) is 6.50. The number of nitrogen functional groups attached to an aromatic ring is 1. The van der Waals surface area contributed by atoms with Crippen LogP contribution in [0.4, 0.5) is 5.95 Å². The average molecular weight is 140 g/mol. The number of aromatic nitrogens is 3. The van der Waals surface area contributed by atoms with Gasteiger partial charge < -0.3 is 5.73 Å². The van der Waals surface area contributed by atoms with E-state index >= 15 is 0 Å². The highest BCUT2D eigenvalue weighted by Crippen LogP contribution is 2.13. The Morgan fingerprint density at radius 1 is 1.50 bits per heavy atom. The predicted molar refractivity (Wildman–Crippen MR) is 39.4 cm³/mol. The molecule has 10 heavy (non-hydrogen) atoms. The molecule has 0 saturated carbocycles. The van der Waals surface area contributed by atoms with Crippen LogP contribution < -0.4 is 5.73 Å². The Hall–Kier alpha value is -1.06. The molecule has 0 atom stereocenters. The maximum absolute atomic E-state index is 5.52. The van der Waals surface area contributed by atoms with Crippen LogP contribution in [0.3, 0.4) is 0 Å². The molecule has 0 fully saturated rings. The minimum absolute atomic E-state index is 0.0689. The topological polar surface area (TPSA) is 56.7 Å². The second-order valence-electron chi connectivity index (χ2n) is 3.20. The highest BCUT2D eigenvalue weighted by atomic mass is 15.4. The van der Waals surface area contributed by atoms with Crippen LogP contribution in [0, 0.1) is 0 Å². The van der Waals surface area contributed by atoms with Gasteiger partial charge in [-0.3, -0.25) is 0 Å². The van der Waals surface area contributed by atoms with Crippen LogP contribution in [0.25, 0.3) is 0 Å². The summed E-state index contributed by atoms with van der Waals surface area (Å²) in [5, 5.41) is 3.97. The molecule has 1 heterocycles. The molecule has 4 heteroatoms.